The molecule has 1 aromatic heterocycles. The summed E-state index contributed by atoms with van der Waals surface area (Å²) in [5, 5.41) is 9.75. The van der Waals surface area contributed by atoms with E-state index in [1.54, 1.807) is 0 Å². The number of nitrogens with one attached hydrogen (secondary N) is 3. The number of nitrogens with zero attached hydrogens (tertiary/aromatic N) is 2. The van der Waals surface area contributed by atoms with Crippen molar-refractivity contribution < 1.29 is 13.6 Å². The molecule has 0 atom stereocenters. The van der Waals surface area contributed by atoms with Crippen LogP contribution in [-0.4, -0.2) is 37.2 Å². The van der Waals surface area contributed by atoms with Crippen LogP contribution in [0.4, 0.5) is 30.8 Å². The zero-order chi connectivity index (χ0) is 23.5. The Bertz CT molecular complexity index is 1140. The summed E-state index contributed by atoms with van der Waals surface area (Å²) in [4.78, 5) is 19.1. The number of hydrogen-bond acceptors (Lipinski definition) is 4. The van der Waals surface area contributed by atoms with Crippen LogP contribution in [-0.2, 0) is 0 Å². The summed E-state index contributed by atoms with van der Waals surface area (Å²) < 4.78 is 28.2. The van der Waals surface area contributed by atoms with Gasteiger partial charge in [-0.25, -0.2) is 18.6 Å². The van der Waals surface area contributed by atoms with E-state index in [2.05, 4.69) is 48.9 Å². The topological polar surface area (TPSA) is 69.3 Å². The molecule has 1 fully saturated rings. The third-order valence-corrected chi connectivity index (χ3v) is 6.29. The van der Waals surface area contributed by atoms with Crippen LogP contribution in [0.2, 0.25) is 0 Å². The van der Waals surface area contributed by atoms with E-state index < -0.39 is 23.4 Å². The van der Waals surface area contributed by atoms with Crippen LogP contribution < -0.4 is 20.9 Å². The van der Waals surface area contributed by atoms with E-state index in [0.717, 1.165) is 60.2 Å². The smallest absolute Gasteiger partial charge is 0.319 e. The van der Waals surface area contributed by atoms with Gasteiger partial charge in [0.25, 0.3) is 0 Å². The van der Waals surface area contributed by atoms with Gasteiger partial charge in [-0.1, -0.05) is 34.1 Å². The van der Waals surface area contributed by atoms with E-state index >= 15 is 0 Å². The molecule has 0 saturated heterocycles. The lowest BCUT2D eigenvalue weighted by Crippen LogP contribution is -2.42. The molecule has 1 aliphatic carbocycles. The lowest BCUT2D eigenvalue weighted by molar-refractivity contribution is 0.243. The fourth-order valence-electron chi connectivity index (χ4n) is 4.19. The van der Waals surface area contributed by atoms with Gasteiger partial charge in [0.1, 0.15) is 11.5 Å². The van der Waals surface area contributed by atoms with Crippen molar-refractivity contribution in [2.24, 2.45) is 0 Å². The maximum atomic E-state index is 14.0. The highest BCUT2D eigenvalue weighted by Crippen LogP contribution is 2.29. The summed E-state index contributed by atoms with van der Waals surface area (Å²) in [5.74, 6) is -0.831. The predicted molar refractivity (Wildman–Crippen MR) is 132 cm³/mol. The minimum atomic E-state index is -0.829. The monoisotopic (exact) mass is 517 g/mol. The van der Waals surface area contributed by atoms with Crippen molar-refractivity contribution in [1.29, 1.82) is 0 Å². The van der Waals surface area contributed by atoms with Gasteiger partial charge in [-0.05, 0) is 43.9 Å². The highest BCUT2D eigenvalue weighted by atomic mass is 79.9. The fraction of sp³-hybridized carbons (Fsp3) is 0.333. The number of amides is 2. The molecule has 9 heteroatoms. The first-order valence-corrected chi connectivity index (χ1v) is 11.6. The third-order valence-electron chi connectivity index (χ3n) is 5.84. The van der Waals surface area contributed by atoms with Crippen molar-refractivity contribution in [2.75, 3.05) is 29.6 Å². The molecule has 1 aliphatic rings. The Labute approximate surface area is 199 Å². The molecule has 0 aliphatic heterocycles. The summed E-state index contributed by atoms with van der Waals surface area (Å²) in [5.41, 5.74) is 1.58. The molecule has 0 unspecified atom stereocenters. The molecular weight excluding hydrogens is 492 g/mol. The molecule has 0 radical (unpaired) electrons. The summed E-state index contributed by atoms with van der Waals surface area (Å²) >= 11 is 3.02. The van der Waals surface area contributed by atoms with E-state index in [1.165, 1.54) is 0 Å². The lowest BCUT2D eigenvalue weighted by Gasteiger charge is -2.30. The number of halogens is 3. The second-order valence-electron chi connectivity index (χ2n) is 8.47. The minimum Gasteiger partial charge on any atom is -0.377 e. The number of carbonyl (C=O) groups is 1. The third kappa shape index (κ3) is 5.52. The highest BCUT2D eigenvalue weighted by molar-refractivity contribution is 9.10. The molecule has 33 heavy (non-hydrogen) atoms. The number of rotatable bonds is 5. The van der Waals surface area contributed by atoms with Crippen LogP contribution in [0.25, 0.3) is 10.9 Å². The molecule has 0 spiro atoms. The Hall–Kier alpha value is -2.94. The molecule has 1 saturated carbocycles. The molecule has 3 N–H and O–H groups in total. The molecular formula is C24H26BrF2N5O. The van der Waals surface area contributed by atoms with Crippen molar-refractivity contribution in [3.8, 4) is 0 Å². The van der Waals surface area contributed by atoms with Crippen LogP contribution in [0.1, 0.15) is 25.7 Å². The highest BCUT2D eigenvalue weighted by Gasteiger charge is 2.24. The average Bonchev–Trinajstić information content (AvgIpc) is 2.77. The molecule has 0 bridgehead atoms. The van der Waals surface area contributed by atoms with Crippen molar-refractivity contribution in [3.05, 3.63) is 58.6 Å². The molecule has 2 aromatic carbocycles. The minimum absolute atomic E-state index is 0.0634. The van der Waals surface area contributed by atoms with Gasteiger partial charge in [0.15, 0.2) is 11.6 Å². The largest absolute Gasteiger partial charge is 0.377 e. The van der Waals surface area contributed by atoms with Crippen molar-refractivity contribution >= 4 is 50.1 Å². The SMILES string of the molecule is CN(C)c1cc(N[C@H]2CC[C@@H](NC(=O)Nc3c(F)cc(Br)cc3F)CC2)nc2ccccc12. The number of urea groups is 1. The zero-order valence-electron chi connectivity index (χ0n) is 18.5. The Morgan fingerprint density at radius 1 is 1.03 bits per heavy atom. The van der Waals surface area contributed by atoms with Gasteiger partial charge in [-0.2, -0.15) is 0 Å². The number of carbonyl (C=O) groups excluding carboxylic acids is 1. The van der Waals surface area contributed by atoms with E-state index in [4.69, 9.17) is 4.98 Å². The van der Waals surface area contributed by atoms with E-state index in [0.29, 0.717) is 0 Å². The Balaban J connectivity index is 1.34. The van der Waals surface area contributed by atoms with Gasteiger partial charge >= 0.3 is 6.03 Å². The normalized spacial score (nSPS) is 18.1. The van der Waals surface area contributed by atoms with Crippen LogP contribution >= 0.6 is 15.9 Å². The molecule has 6 nitrogen and oxygen atoms in total. The predicted octanol–water partition coefficient (Wildman–Crippen LogP) is 5.89. The maximum absolute atomic E-state index is 14.0. The average molecular weight is 518 g/mol. The lowest BCUT2D eigenvalue weighted by atomic mass is 9.91. The fourth-order valence-corrected chi connectivity index (χ4v) is 4.59. The molecule has 1 heterocycles. The van der Waals surface area contributed by atoms with Gasteiger partial charge in [-0.3, -0.25) is 0 Å². The maximum Gasteiger partial charge on any atom is 0.319 e. The summed E-state index contributed by atoms with van der Waals surface area (Å²) in [7, 11) is 4.03. The van der Waals surface area contributed by atoms with E-state index in [1.807, 2.05) is 32.3 Å². The summed E-state index contributed by atoms with van der Waals surface area (Å²) in [6.07, 6.45) is 3.20. The number of pyridine rings is 1. The molecule has 2 amide bonds. The first kappa shape index (κ1) is 23.2. The number of para-hydroxylation sites is 1. The van der Waals surface area contributed by atoms with Gasteiger partial charge in [-0.15, -0.1) is 0 Å². The van der Waals surface area contributed by atoms with Crippen LogP contribution in [0, 0.1) is 11.6 Å². The summed E-state index contributed by atoms with van der Waals surface area (Å²) in [6, 6.07) is 11.9. The number of benzene rings is 2. The Morgan fingerprint density at radius 2 is 1.67 bits per heavy atom. The first-order valence-electron chi connectivity index (χ1n) is 10.9. The van der Waals surface area contributed by atoms with E-state index in [-0.39, 0.29) is 16.6 Å². The number of anilines is 3. The molecule has 174 valence electrons. The van der Waals surface area contributed by atoms with Gasteiger partial charge in [0, 0.05) is 47.8 Å². The second kappa shape index (κ2) is 9.91. The summed E-state index contributed by atoms with van der Waals surface area (Å²) in [6.45, 7) is 0. The van der Waals surface area contributed by atoms with Crippen molar-refractivity contribution in [3.63, 3.8) is 0 Å². The van der Waals surface area contributed by atoms with Gasteiger partial charge in [0.05, 0.1) is 5.52 Å². The second-order valence-corrected chi connectivity index (χ2v) is 9.39. The Kier molecular flexibility index (Phi) is 6.97. The molecule has 3 aromatic rings. The van der Waals surface area contributed by atoms with Crippen LogP contribution in [0.3, 0.4) is 0 Å². The standard InChI is InChI=1S/C24H26BrF2N5O/c1-32(2)21-13-22(30-20-6-4-3-5-17(20)21)28-15-7-9-16(10-8-15)29-24(33)31-23-18(26)11-14(25)12-19(23)27/h3-6,11-13,15-16H,7-10H2,1-2H3,(H,28,30)(H2,29,31,33)/t15-,16+. The van der Waals surface area contributed by atoms with Crippen molar-refractivity contribution in [2.45, 2.75) is 37.8 Å². The first-order chi connectivity index (χ1) is 15.8. The van der Waals surface area contributed by atoms with Crippen LogP contribution in [0.15, 0.2) is 46.9 Å². The van der Waals surface area contributed by atoms with Gasteiger partial charge < -0.3 is 20.9 Å². The number of hydrogen-bond donors (Lipinski definition) is 3. The van der Waals surface area contributed by atoms with Crippen molar-refractivity contribution in [1.82, 2.24) is 10.3 Å². The quantitative estimate of drug-likeness (QED) is 0.394. The van der Waals surface area contributed by atoms with Crippen LogP contribution in [0.5, 0.6) is 0 Å². The van der Waals surface area contributed by atoms with Gasteiger partial charge in [0.2, 0.25) is 0 Å². The number of fused-ring (bicyclic) bond motifs is 1. The Morgan fingerprint density at radius 3 is 2.33 bits per heavy atom. The van der Waals surface area contributed by atoms with E-state index in [9.17, 15) is 13.6 Å². The molecule has 4 rings (SSSR count). The zero-order valence-corrected chi connectivity index (χ0v) is 20.0. The number of aromatic nitrogens is 1.